The van der Waals surface area contributed by atoms with E-state index in [1.165, 1.54) is 0 Å². The lowest BCUT2D eigenvalue weighted by Gasteiger charge is -2.34. The van der Waals surface area contributed by atoms with E-state index in [2.05, 4.69) is 16.8 Å². The first-order chi connectivity index (χ1) is 11.1. The minimum absolute atomic E-state index is 0.274. The molecule has 0 spiro atoms. The van der Waals surface area contributed by atoms with Gasteiger partial charge in [-0.05, 0) is 77.7 Å². The molecule has 0 N–H and O–H groups in total. The third-order valence-electron chi connectivity index (χ3n) is 4.01. The van der Waals surface area contributed by atoms with Crippen molar-refractivity contribution in [1.29, 1.82) is 0 Å². The summed E-state index contributed by atoms with van der Waals surface area (Å²) in [7, 11) is 0. The van der Waals surface area contributed by atoms with Crippen molar-refractivity contribution < 1.29 is 9.53 Å². The first-order valence-corrected chi connectivity index (χ1v) is 8.25. The molecule has 4 nitrogen and oxygen atoms in total. The monoisotopic (exact) mass is 326 g/mol. The van der Waals surface area contributed by atoms with Crippen LogP contribution in [0.25, 0.3) is 0 Å². The molecule has 1 aromatic heterocycles. The van der Waals surface area contributed by atoms with Crippen LogP contribution in [0.5, 0.6) is 0 Å². The van der Waals surface area contributed by atoms with Crippen LogP contribution in [0.1, 0.15) is 52.4 Å². The highest BCUT2D eigenvalue weighted by molar-refractivity contribution is 5.71. The number of carbonyl (C=O) groups excluding carboxylic acids is 1. The second-order valence-corrected chi connectivity index (χ2v) is 7.54. The highest BCUT2D eigenvalue weighted by Crippen LogP contribution is 2.34. The Kier molecular flexibility index (Phi) is 5.03. The maximum absolute atomic E-state index is 12.4. The summed E-state index contributed by atoms with van der Waals surface area (Å²) in [6, 6.07) is 5.79. The van der Waals surface area contributed by atoms with Crippen LogP contribution in [0, 0.1) is 18.8 Å². The van der Waals surface area contributed by atoms with Crippen LogP contribution in [0.4, 0.5) is 4.79 Å². The first kappa shape index (κ1) is 18.1. The van der Waals surface area contributed by atoms with Crippen molar-refractivity contribution in [2.45, 2.75) is 59.1 Å². The average molecular weight is 326 g/mol. The van der Waals surface area contributed by atoms with Gasteiger partial charge in [0.1, 0.15) is 11.3 Å². The lowest BCUT2D eigenvalue weighted by Crippen LogP contribution is -2.46. The second-order valence-electron chi connectivity index (χ2n) is 7.54. The Hall–Kier alpha value is -2.28. The molecule has 0 saturated carbocycles. The zero-order valence-electron chi connectivity index (χ0n) is 15.4. The SMILES string of the molecule is Cc1cccc(C#C/C=C2\CCN(C(=O)OC(C)(C)C)C2(C)C)n1. The molecule has 0 aromatic carbocycles. The lowest BCUT2D eigenvalue weighted by atomic mass is 9.95. The number of allylic oxidation sites excluding steroid dienone is 1. The fourth-order valence-electron chi connectivity index (χ4n) is 2.69. The predicted octanol–water partition coefficient (Wildman–Crippen LogP) is 4.09. The smallest absolute Gasteiger partial charge is 0.410 e. The van der Waals surface area contributed by atoms with Crippen molar-refractivity contribution in [3.8, 4) is 11.8 Å². The summed E-state index contributed by atoms with van der Waals surface area (Å²) in [5, 5.41) is 0. The van der Waals surface area contributed by atoms with Gasteiger partial charge in [0.05, 0.1) is 5.54 Å². The molecule has 0 atom stereocenters. The van der Waals surface area contributed by atoms with Crippen LogP contribution in [-0.4, -0.2) is 33.7 Å². The number of aryl methyl sites for hydroxylation is 1. The number of pyridine rings is 1. The lowest BCUT2D eigenvalue weighted by molar-refractivity contribution is 0.0160. The Morgan fingerprint density at radius 1 is 1.38 bits per heavy atom. The maximum Gasteiger partial charge on any atom is 0.410 e. The molecule has 1 fully saturated rings. The number of amides is 1. The average Bonchev–Trinajstić information content (AvgIpc) is 2.72. The molecule has 2 heterocycles. The molecule has 0 radical (unpaired) electrons. The Bertz CT molecular complexity index is 715. The van der Waals surface area contributed by atoms with Gasteiger partial charge < -0.3 is 4.74 Å². The van der Waals surface area contributed by atoms with Gasteiger partial charge in [-0.25, -0.2) is 9.78 Å². The number of aromatic nitrogens is 1. The van der Waals surface area contributed by atoms with Crippen LogP contribution in [0.15, 0.2) is 29.8 Å². The van der Waals surface area contributed by atoms with Gasteiger partial charge >= 0.3 is 6.09 Å². The Balaban J connectivity index is 2.14. The first-order valence-electron chi connectivity index (χ1n) is 8.25. The summed E-state index contributed by atoms with van der Waals surface area (Å²) >= 11 is 0. The van der Waals surface area contributed by atoms with Crippen LogP contribution in [0.2, 0.25) is 0 Å². The fourth-order valence-corrected chi connectivity index (χ4v) is 2.69. The predicted molar refractivity (Wildman–Crippen MR) is 95.6 cm³/mol. The van der Waals surface area contributed by atoms with Gasteiger partial charge in [0, 0.05) is 12.2 Å². The Labute approximate surface area is 144 Å². The van der Waals surface area contributed by atoms with Gasteiger partial charge in [0.25, 0.3) is 0 Å². The van der Waals surface area contributed by atoms with Gasteiger partial charge in [-0.15, -0.1) is 0 Å². The number of hydrogen-bond donors (Lipinski definition) is 0. The number of hydrogen-bond acceptors (Lipinski definition) is 3. The maximum atomic E-state index is 12.4. The Morgan fingerprint density at radius 3 is 2.71 bits per heavy atom. The molecule has 1 aliphatic rings. The molecule has 0 unspecified atom stereocenters. The summed E-state index contributed by atoms with van der Waals surface area (Å²) in [6.07, 6.45) is 2.44. The topological polar surface area (TPSA) is 42.4 Å². The fraction of sp³-hybridized carbons (Fsp3) is 0.500. The molecular weight excluding hydrogens is 300 g/mol. The minimum atomic E-state index is -0.490. The van der Waals surface area contributed by atoms with E-state index in [-0.39, 0.29) is 6.09 Å². The van der Waals surface area contributed by atoms with Crippen LogP contribution < -0.4 is 0 Å². The molecule has 1 aromatic rings. The van der Waals surface area contributed by atoms with Crippen LogP contribution in [0.3, 0.4) is 0 Å². The summed E-state index contributed by atoms with van der Waals surface area (Å²) in [6.45, 7) is 12.3. The molecule has 4 heteroatoms. The van der Waals surface area contributed by atoms with E-state index in [1.807, 2.05) is 65.8 Å². The third-order valence-corrected chi connectivity index (χ3v) is 4.01. The van der Waals surface area contributed by atoms with Gasteiger partial charge in [0.15, 0.2) is 0 Å². The van der Waals surface area contributed by atoms with E-state index in [1.54, 1.807) is 4.90 Å². The standard InChI is InChI=1S/C20H26N2O2/c1-15-9-7-11-17(21-15)12-8-10-16-13-14-22(20(16,5)6)18(23)24-19(2,3)4/h7,9-11H,13-14H2,1-6H3/b16-10+. The minimum Gasteiger partial charge on any atom is -0.444 e. The van der Waals surface area contributed by atoms with Crippen LogP contribution >= 0.6 is 0 Å². The summed E-state index contributed by atoms with van der Waals surface area (Å²) in [5.74, 6) is 6.14. The molecular formula is C20H26N2O2. The van der Waals surface area contributed by atoms with Gasteiger partial charge in [0.2, 0.25) is 0 Å². The van der Waals surface area contributed by atoms with Gasteiger partial charge in [-0.1, -0.05) is 12.0 Å². The molecule has 1 aliphatic heterocycles. The quantitative estimate of drug-likeness (QED) is 0.674. The van der Waals surface area contributed by atoms with E-state index in [4.69, 9.17) is 4.74 Å². The van der Waals surface area contributed by atoms with Crippen molar-refractivity contribution in [3.63, 3.8) is 0 Å². The van der Waals surface area contributed by atoms with E-state index in [9.17, 15) is 4.79 Å². The van der Waals surface area contributed by atoms with E-state index >= 15 is 0 Å². The highest BCUT2D eigenvalue weighted by atomic mass is 16.6. The number of rotatable bonds is 0. The van der Waals surface area contributed by atoms with Crippen molar-refractivity contribution in [2.24, 2.45) is 0 Å². The van der Waals surface area contributed by atoms with Crippen molar-refractivity contribution in [1.82, 2.24) is 9.88 Å². The molecule has 0 bridgehead atoms. The second kappa shape index (κ2) is 6.68. The molecule has 1 saturated heterocycles. The van der Waals surface area contributed by atoms with Crippen molar-refractivity contribution in [2.75, 3.05) is 6.54 Å². The molecule has 0 aliphatic carbocycles. The van der Waals surface area contributed by atoms with Crippen molar-refractivity contribution in [3.05, 3.63) is 41.2 Å². The third kappa shape index (κ3) is 4.38. The molecule has 128 valence electrons. The number of carbonyl (C=O) groups is 1. The Morgan fingerprint density at radius 2 is 2.08 bits per heavy atom. The highest BCUT2D eigenvalue weighted by Gasteiger charge is 2.41. The number of likely N-dealkylation sites (tertiary alicyclic amines) is 1. The molecule has 1 amide bonds. The number of nitrogens with zero attached hydrogens (tertiary/aromatic N) is 2. The van der Waals surface area contributed by atoms with E-state index in [0.717, 1.165) is 23.4 Å². The van der Waals surface area contributed by atoms with Crippen LogP contribution in [-0.2, 0) is 4.74 Å². The van der Waals surface area contributed by atoms with Crippen molar-refractivity contribution >= 4 is 6.09 Å². The molecule has 2 rings (SSSR count). The number of ether oxygens (including phenoxy) is 1. The van der Waals surface area contributed by atoms with E-state index < -0.39 is 11.1 Å². The largest absolute Gasteiger partial charge is 0.444 e. The zero-order chi connectivity index (χ0) is 18.0. The van der Waals surface area contributed by atoms with Gasteiger partial charge in [-0.3, -0.25) is 4.90 Å². The summed E-state index contributed by atoms with van der Waals surface area (Å²) in [4.78, 5) is 18.5. The zero-order valence-corrected chi connectivity index (χ0v) is 15.4. The molecule has 24 heavy (non-hydrogen) atoms. The van der Waals surface area contributed by atoms with E-state index in [0.29, 0.717) is 6.54 Å². The normalized spacial score (nSPS) is 18.2. The van der Waals surface area contributed by atoms with Gasteiger partial charge in [-0.2, -0.15) is 0 Å². The summed E-state index contributed by atoms with van der Waals surface area (Å²) < 4.78 is 5.51. The summed E-state index contributed by atoms with van der Waals surface area (Å²) in [5.41, 5.74) is 1.96.